The Labute approximate surface area is 175 Å². The van der Waals surface area contributed by atoms with E-state index < -0.39 is 23.2 Å². The number of amides is 2. The summed E-state index contributed by atoms with van der Waals surface area (Å²) in [6, 6.07) is 10.0. The van der Waals surface area contributed by atoms with Crippen LogP contribution >= 0.6 is 24.0 Å². The minimum absolute atomic E-state index is 0. The molecule has 0 aliphatic carbocycles. The van der Waals surface area contributed by atoms with Gasteiger partial charge in [-0.05, 0) is 29.7 Å². The average Bonchev–Trinajstić information content (AvgIpc) is 2.60. The number of nitrogens with two attached hydrogens (primary N) is 1. The molecule has 0 aromatic heterocycles. The van der Waals surface area contributed by atoms with Crippen molar-refractivity contribution < 1.29 is 14.0 Å². The van der Waals surface area contributed by atoms with Crippen LogP contribution in [0.2, 0.25) is 5.02 Å². The maximum Gasteiger partial charge on any atom is 0.253 e. The first-order valence-corrected chi connectivity index (χ1v) is 8.85. The molecule has 2 aromatic rings. The second kappa shape index (κ2) is 9.87. The molecule has 0 spiro atoms. The molecule has 152 valence electrons. The Kier molecular flexibility index (Phi) is 8.42. The van der Waals surface area contributed by atoms with E-state index in [9.17, 15) is 14.0 Å². The van der Waals surface area contributed by atoms with Crippen LogP contribution < -0.4 is 16.4 Å². The lowest BCUT2D eigenvalue weighted by atomic mass is 9.87. The fourth-order valence-electron chi connectivity index (χ4n) is 2.30. The molecular formula is C20H24Cl2FN3O2. The Morgan fingerprint density at radius 3 is 2.43 bits per heavy atom. The topological polar surface area (TPSA) is 84.2 Å². The summed E-state index contributed by atoms with van der Waals surface area (Å²) < 4.78 is 13.7. The van der Waals surface area contributed by atoms with Gasteiger partial charge in [0.15, 0.2) is 0 Å². The highest BCUT2D eigenvalue weighted by molar-refractivity contribution is 6.34. The zero-order valence-corrected chi connectivity index (χ0v) is 17.5. The zero-order valence-electron chi connectivity index (χ0n) is 15.9. The molecule has 2 amide bonds. The molecule has 28 heavy (non-hydrogen) atoms. The number of carbonyl (C=O) groups excluding carboxylic acids is 2. The summed E-state index contributed by atoms with van der Waals surface area (Å²) >= 11 is 6.10. The molecule has 0 unspecified atom stereocenters. The van der Waals surface area contributed by atoms with Crippen LogP contribution in [0.5, 0.6) is 0 Å². The van der Waals surface area contributed by atoms with Gasteiger partial charge in [-0.2, -0.15) is 0 Å². The minimum Gasteiger partial charge on any atom is -0.348 e. The number of hydrogen-bond donors (Lipinski definition) is 3. The lowest BCUT2D eigenvalue weighted by Crippen LogP contribution is -2.45. The maximum absolute atomic E-state index is 13.7. The van der Waals surface area contributed by atoms with Crippen molar-refractivity contribution in [3.05, 3.63) is 64.4 Å². The Morgan fingerprint density at radius 2 is 1.82 bits per heavy atom. The molecule has 1 atom stereocenters. The highest BCUT2D eigenvalue weighted by Crippen LogP contribution is 2.23. The van der Waals surface area contributed by atoms with E-state index >= 15 is 0 Å². The summed E-state index contributed by atoms with van der Waals surface area (Å²) in [6.45, 7) is 5.61. The Bertz CT molecular complexity index is 854. The predicted molar refractivity (Wildman–Crippen MR) is 112 cm³/mol. The van der Waals surface area contributed by atoms with Gasteiger partial charge in [0.05, 0.1) is 16.6 Å². The van der Waals surface area contributed by atoms with Gasteiger partial charge in [0.1, 0.15) is 5.82 Å². The standard InChI is InChI=1S/C20H23ClFN3O2.ClH/c1-20(2,3)17(23)19(27)25-13-8-9-15(21)14(10-13)18(26)24-11-12-6-4-5-7-16(12)22;/h4-10,17H,11,23H2,1-3H3,(H,24,26)(H,25,27);1H/t17-;/m1./s1. The average molecular weight is 428 g/mol. The van der Waals surface area contributed by atoms with Gasteiger partial charge in [0, 0.05) is 17.8 Å². The minimum atomic E-state index is -0.716. The Hall–Kier alpha value is -2.15. The quantitative estimate of drug-likeness (QED) is 0.669. The van der Waals surface area contributed by atoms with Crippen molar-refractivity contribution in [2.24, 2.45) is 11.1 Å². The van der Waals surface area contributed by atoms with E-state index in [4.69, 9.17) is 17.3 Å². The maximum atomic E-state index is 13.7. The van der Waals surface area contributed by atoms with Gasteiger partial charge in [0.2, 0.25) is 5.91 Å². The van der Waals surface area contributed by atoms with Gasteiger partial charge in [0.25, 0.3) is 5.91 Å². The van der Waals surface area contributed by atoms with E-state index in [2.05, 4.69) is 10.6 Å². The number of nitrogens with one attached hydrogen (secondary N) is 2. The SMILES string of the molecule is CC(C)(C)[C@H](N)C(=O)Nc1ccc(Cl)c(C(=O)NCc2ccccc2F)c1.Cl. The van der Waals surface area contributed by atoms with Crippen molar-refractivity contribution in [3.8, 4) is 0 Å². The van der Waals surface area contributed by atoms with Gasteiger partial charge in [-0.15, -0.1) is 12.4 Å². The molecule has 2 aromatic carbocycles. The van der Waals surface area contributed by atoms with Gasteiger partial charge >= 0.3 is 0 Å². The summed E-state index contributed by atoms with van der Waals surface area (Å²) in [5.74, 6) is -1.23. The van der Waals surface area contributed by atoms with Crippen LogP contribution in [0.3, 0.4) is 0 Å². The number of hydrogen-bond acceptors (Lipinski definition) is 3. The van der Waals surface area contributed by atoms with E-state index in [1.54, 1.807) is 24.3 Å². The van der Waals surface area contributed by atoms with E-state index in [-0.39, 0.29) is 35.4 Å². The van der Waals surface area contributed by atoms with Crippen LogP contribution in [0.4, 0.5) is 10.1 Å². The third-order valence-electron chi connectivity index (χ3n) is 4.09. The first kappa shape index (κ1) is 23.9. The lowest BCUT2D eigenvalue weighted by Gasteiger charge is -2.25. The van der Waals surface area contributed by atoms with Crippen LogP contribution in [0.25, 0.3) is 0 Å². The van der Waals surface area contributed by atoms with Crippen molar-refractivity contribution in [1.29, 1.82) is 0 Å². The van der Waals surface area contributed by atoms with Crippen LogP contribution in [0.1, 0.15) is 36.7 Å². The lowest BCUT2D eigenvalue weighted by molar-refractivity contribution is -0.119. The zero-order chi connectivity index (χ0) is 20.2. The molecule has 0 saturated heterocycles. The van der Waals surface area contributed by atoms with Crippen LogP contribution in [0, 0.1) is 11.2 Å². The third-order valence-corrected chi connectivity index (χ3v) is 4.42. The second-order valence-electron chi connectivity index (χ2n) is 7.30. The second-order valence-corrected chi connectivity index (χ2v) is 7.71. The summed E-state index contributed by atoms with van der Waals surface area (Å²) in [4.78, 5) is 24.7. The molecule has 0 fully saturated rings. The van der Waals surface area contributed by atoms with E-state index in [1.807, 2.05) is 20.8 Å². The highest BCUT2D eigenvalue weighted by Gasteiger charge is 2.27. The Morgan fingerprint density at radius 1 is 1.18 bits per heavy atom. The van der Waals surface area contributed by atoms with Crippen LogP contribution in [-0.4, -0.2) is 17.9 Å². The normalized spacial score (nSPS) is 11.9. The molecular weight excluding hydrogens is 404 g/mol. The van der Waals surface area contributed by atoms with Gasteiger partial charge in [-0.3, -0.25) is 9.59 Å². The number of halogens is 3. The molecule has 0 aliphatic heterocycles. The van der Waals surface area contributed by atoms with Crippen molar-refractivity contribution in [1.82, 2.24) is 5.32 Å². The molecule has 8 heteroatoms. The van der Waals surface area contributed by atoms with Crippen molar-refractivity contribution in [2.75, 3.05) is 5.32 Å². The molecule has 0 saturated carbocycles. The van der Waals surface area contributed by atoms with E-state index in [1.165, 1.54) is 18.2 Å². The van der Waals surface area contributed by atoms with E-state index in [0.29, 0.717) is 11.3 Å². The fraction of sp³-hybridized carbons (Fsp3) is 0.300. The molecule has 0 aliphatic rings. The molecule has 5 nitrogen and oxygen atoms in total. The predicted octanol–water partition coefficient (Wildman–Crippen LogP) is 4.14. The molecule has 0 radical (unpaired) electrons. The monoisotopic (exact) mass is 427 g/mol. The van der Waals surface area contributed by atoms with Crippen LogP contribution in [-0.2, 0) is 11.3 Å². The Balaban J connectivity index is 0.00000392. The first-order valence-electron chi connectivity index (χ1n) is 8.47. The molecule has 2 rings (SSSR count). The van der Waals surface area contributed by atoms with Crippen molar-refractivity contribution in [3.63, 3.8) is 0 Å². The van der Waals surface area contributed by atoms with Crippen molar-refractivity contribution >= 4 is 41.5 Å². The number of anilines is 1. The highest BCUT2D eigenvalue weighted by atomic mass is 35.5. The summed E-state index contributed by atoms with van der Waals surface area (Å²) in [6.07, 6.45) is 0. The first-order chi connectivity index (χ1) is 12.6. The third kappa shape index (κ3) is 6.19. The fourth-order valence-corrected chi connectivity index (χ4v) is 2.51. The van der Waals surface area contributed by atoms with Gasteiger partial charge < -0.3 is 16.4 Å². The van der Waals surface area contributed by atoms with Gasteiger partial charge in [-0.25, -0.2) is 4.39 Å². The van der Waals surface area contributed by atoms with Gasteiger partial charge in [-0.1, -0.05) is 50.6 Å². The van der Waals surface area contributed by atoms with Crippen LogP contribution in [0.15, 0.2) is 42.5 Å². The number of benzene rings is 2. The molecule has 4 N–H and O–H groups in total. The number of carbonyl (C=O) groups is 2. The smallest absolute Gasteiger partial charge is 0.253 e. The summed E-state index contributed by atoms with van der Waals surface area (Å²) in [7, 11) is 0. The number of rotatable bonds is 5. The van der Waals surface area contributed by atoms with E-state index in [0.717, 1.165) is 0 Å². The van der Waals surface area contributed by atoms with Crippen molar-refractivity contribution in [2.45, 2.75) is 33.4 Å². The summed E-state index contributed by atoms with van der Waals surface area (Å²) in [5.41, 5.74) is 6.48. The summed E-state index contributed by atoms with van der Waals surface area (Å²) in [5, 5.41) is 5.54. The molecule has 0 bridgehead atoms. The largest absolute Gasteiger partial charge is 0.348 e. The molecule has 0 heterocycles.